The van der Waals surface area contributed by atoms with Crippen LogP contribution >= 0.6 is 11.3 Å². The van der Waals surface area contributed by atoms with Crippen LogP contribution in [0.2, 0.25) is 0 Å². The van der Waals surface area contributed by atoms with Crippen LogP contribution in [-0.2, 0) is 11.2 Å². The van der Waals surface area contributed by atoms with Gasteiger partial charge < -0.3 is 5.32 Å². The fourth-order valence-corrected chi connectivity index (χ4v) is 3.99. The van der Waals surface area contributed by atoms with E-state index >= 15 is 0 Å². The topological polar surface area (TPSA) is 58.1 Å². The Labute approximate surface area is 153 Å². The average Bonchev–Trinajstić information content (AvgIpc) is 3.31. The number of hydrogen-bond donors (Lipinski definition) is 1. The van der Waals surface area contributed by atoms with Crippen molar-refractivity contribution in [3.8, 4) is 10.6 Å². The molecule has 2 aromatic rings. The van der Waals surface area contributed by atoms with Gasteiger partial charge in [0.2, 0.25) is 5.91 Å². The summed E-state index contributed by atoms with van der Waals surface area (Å²) in [6, 6.07) is 3.91. The first-order valence-corrected chi connectivity index (χ1v) is 9.79. The van der Waals surface area contributed by atoms with Gasteiger partial charge in [0.15, 0.2) is 0 Å². The Kier molecular flexibility index (Phi) is 5.81. The van der Waals surface area contributed by atoms with E-state index in [-0.39, 0.29) is 11.4 Å². The van der Waals surface area contributed by atoms with Crippen LogP contribution < -0.4 is 5.32 Å². The third-order valence-electron chi connectivity index (χ3n) is 4.77. The van der Waals surface area contributed by atoms with Crippen LogP contribution in [0.15, 0.2) is 29.9 Å². The second-order valence-electron chi connectivity index (χ2n) is 7.16. The van der Waals surface area contributed by atoms with Crippen molar-refractivity contribution in [1.82, 2.24) is 20.2 Å². The third-order valence-corrected chi connectivity index (χ3v) is 5.71. The molecule has 1 saturated heterocycles. The SMILES string of the molecule is CC(C)(CNC(=O)CCc1csc(-c2ccncc2)n1)N1CCCC1. The highest BCUT2D eigenvalue weighted by Crippen LogP contribution is 2.23. The zero-order chi connectivity index (χ0) is 17.7. The smallest absolute Gasteiger partial charge is 0.220 e. The predicted octanol–water partition coefficient (Wildman–Crippen LogP) is 3.13. The molecule has 25 heavy (non-hydrogen) atoms. The molecule has 0 atom stereocenters. The van der Waals surface area contributed by atoms with Crippen molar-refractivity contribution in [3.63, 3.8) is 0 Å². The summed E-state index contributed by atoms with van der Waals surface area (Å²) in [5.74, 6) is 0.103. The summed E-state index contributed by atoms with van der Waals surface area (Å²) in [7, 11) is 0. The van der Waals surface area contributed by atoms with E-state index in [9.17, 15) is 4.79 Å². The van der Waals surface area contributed by atoms with Crippen molar-refractivity contribution < 1.29 is 4.79 Å². The van der Waals surface area contributed by atoms with Crippen LogP contribution in [0.4, 0.5) is 0 Å². The number of thiazole rings is 1. The number of carbonyl (C=O) groups is 1. The number of carbonyl (C=O) groups excluding carboxylic acids is 1. The first-order chi connectivity index (χ1) is 12.0. The Bertz CT molecular complexity index is 692. The summed E-state index contributed by atoms with van der Waals surface area (Å²) < 4.78 is 0. The maximum atomic E-state index is 12.2. The van der Waals surface area contributed by atoms with E-state index in [1.807, 2.05) is 17.5 Å². The van der Waals surface area contributed by atoms with Gasteiger partial charge in [-0.2, -0.15) is 0 Å². The number of hydrogen-bond acceptors (Lipinski definition) is 5. The molecule has 0 saturated carbocycles. The van der Waals surface area contributed by atoms with E-state index in [0.717, 1.165) is 29.4 Å². The van der Waals surface area contributed by atoms with Crippen LogP contribution in [0.5, 0.6) is 0 Å². The molecule has 1 fully saturated rings. The van der Waals surface area contributed by atoms with Gasteiger partial charge in [0, 0.05) is 41.8 Å². The number of amides is 1. The van der Waals surface area contributed by atoms with E-state index in [0.29, 0.717) is 19.4 Å². The summed E-state index contributed by atoms with van der Waals surface area (Å²) in [4.78, 5) is 23.3. The van der Waals surface area contributed by atoms with Crippen molar-refractivity contribution >= 4 is 17.2 Å². The monoisotopic (exact) mass is 358 g/mol. The Hall–Kier alpha value is -1.79. The molecule has 0 bridgehead atoms. The maximum Gasteiger partial charge on any atom is 0.220 e. The van der Waals surface area contributed by atoms with Crippen LogP contribution in [0, 0.1) is 0 Å². The van der Waals surface area contributed by atoms with E-state index in [1.54, 1.807) is 23.7 Å². The first-order valence-electron chi connectivity index (χ1n) is 8.91. The van der Waals surface area contributed by atoms with Crippen molar-refractivity contribution in [1.29, 1.82) is 0 Å². The van der Waals surface area contributed by atoms with Gasteiger partial charge in [0.1, 0.15) is 5.01 Å². The van der Waals surface area contributed by atoms with E-state index in [1.165, 1.54) is 12.8 Å². The lowest BCUT2D eigenvalue weighted by Gasteiger charge is -2.35. The quantitative estimate of drug-likeness (QED) is 0.826. The van der Waals surface area contributed by atoms with E-state index in [4.69, 9.17) is 0 Å². The van der Waals surface area contributed by atoms with Crippen molar-refractivity contribution in [3.05, 3.63) is 35.6 Å². The van der Waals surface area contributed by atoms with E-state index in [2.05, 4.69) is 34.0 Å². The zero-order valence-electron chi connectivity index (χ0n) is 15.0. The zero-order valence-corrected chi connectivity index (χ0v) is 15.8. The summed E-state index contributed by atoms with van der Waals surface area (Å²) in [6.07, 6.45) is 7.23. The maximum absolute atomic E-state index is 12.2. The molecule has 5 nitrogen and oxygen atoms in total. The summed E-state index contributed by atoms with van der Waals surface area (Å²) in [6.45, 7) is 7.39. The molecule has 6 heteroatoms. The standard InChI is InChI=1S/C19H26N4OS/c1-19(2,23-11-3-4-12-23)14-21-17(24)6-5-16-13-25-18(22-16)15-7-9-20-10-8-15/h7-10,13H,3-6,11-12,14H2,1-2H3,(H,21,24). The summed E-state index contributed by atoms with van der Waals surface area (Å²) in [5, 5.41) is 6.11. The number of aromatic nitrogens is 2. The third kappa shape index (κ3) is 4.86. The number of likely N-dealkylation sites (tertiary alicyclic amines) is 1. The highest BCUT2D eigenvalue weighted by atomic mass is 32.1. The summed E-state index contributed by atoms with van der Waals surface area (Å²) >= 11 is 1.61. The highest BCUT2D eigenvalue weighted by molar-refractivity contribution is 7.13. The number of aryl methyl sites for hydroxylation is 1. The molecule has 1 aliphatic heterocycles. The van der Waals surface area contributed by atoms with Gasteiger partial charge in [-0.15, -0.1) is 11.3 Å². The molecule has 134 valence electrons. The minimum Gasteiger partial charge on any atom is -0.354 e. The Morgan fingerprint density at radius 2 is 2.00 bits per heavy atom. The highest BCUT2D eigenvalue weighted by Gasteiger charge is 2.29. The second-order valence-corrected chi connectivity index (χ2v) is 8.02. The molecule has 0 radical (unpaired) electrons. The Morgan fingerprint density at radius 1 is 1.28 bits per heavy atom. The lowest BCUT2D eigenvalue weighted by Crippen LogP contribution is -2.50. The number of nitrogens with zero attached hydrogens (tertiary/aromatic N) is 3. The molecule has 0 unspecified atom stereocenters. The fourth-order valence-electron chi connectivity index (χ4n) is 3.13. The number of nitrogens with one attached hydrogen (secondary N) is 1. The minimum absolute atomic E-state index is 0.0291. The van der Waals surface area contributed by atoms with E-state index < -0.39 is 0 Å². The van der Waals surface area contributed by atoms with Crippen LogP contribution in [0.25, 0.3) is 10.6 Å². The molecule has 3 rings (SSSR count). The van der Waals surface area contributed by atoms with Crippen molar-refractivity contribution in [2.45, 2.75) is 45.1 Å². The summed E-state index contributed by atoms with van der Waals surface area (Å²) in [5.41, 5.74) is 2.08. The molecule has 0 aliphatic carbocycles. The Balaban J connectivity index is 1.45. The average molecular weight is 359 g/mol. The molecule has 3 heterocycles. The largest absolute Gasteiger partial charge is 0.354 e. The van der Waals surface area contributed by atoms with Gasteiger partial charge in [-0.1, -0.05) is 0 Å². The molecular weight excluding hydrogens is 332 g/mol. The first kappa shape index (κ1) is 18.0. The van der Waals surface area contributed by atoms with Crippen LogP contribution in [0.1, 0.15) is 38.8 Å². The van der Waals surface area contributed by atoms with Crippen LogP contribution in [-0.4, -0.2) is 45.9 Å². The molecule has 0 aromatic carbocycles. The van der Waals surface area contributed by atoms with Gasteiger partial charge >= 0.3 is 0 Å². The molecule has 2 aromatic heterocycles. The van der Waals surface area contributed by atoms with Crippen molar-refractivity contribution in [2.24, 2.45) is 0 Å². The molecule has 1 aliphatic rings. The predicted molar refractivity (Wildman–Crippen MR) is 102 cm³/mol. The lowest BCUT2D eigenvalue weighted by atomic mass is 10.0. The van der Waals surface area contributed by atoms with Gasteiger partial charge in [-0.05, 0) is 58.3 Å². The fraction of sp³-hybridized carbons (Fsp3) is 0.526. The van der Waals surface area contributed by atoms with Gasteiger partial charge in [0.25, 0.3) is 0 Å². The van der Waals surface area contributed by atoms with Gasteiger partial charge in [0.05, 0.1) is 5.69 Å². The number of rotatable bonds is 7. The van der Waals surface area contributed by atoms with Gasteiger partial charge in [-0.3, -0.25) is 14.7 Å². The van der Waals surface area contributed by atoms with Crippen LogP contribution in [0.3, 0.4) is 0 Å². The normalized spacial score (nSPS) is 15.4. The minimum atomic E-state index is 0.0291. The molecule has 1 amide bonds. The Morgan fingerprint density at radius 3 is 2.72 bits per heavy atom. The second kappa shape index (κ2) is 8.06. The lowest BCUT2D eigenvalue weighted by molar-refractivity contribution is -0.121. The van der Waals surface area contributed by atoms with Gasteiger partial charge in [-0.25, -0.2) is 4.98 Å². The van der Waals surface area contributed by atoms with Crippen molar-refractivity contribution in [2.75, 3.05) is 19.6 Å². The number of pyridine rings is 1. The molecule has 0 spiro atoms. The molecular formula is C19H26N4OS. The molecule has 1 N–H and O–H groups in total.